The smallest absolute Gasteiger partial charge is 0.323 e. The second kappa shape index (κ2) is 7.54. The van der Waals surface area contributed by atoms with E-state index in [-0.39, 0.29) is 0 Å². The van der Waals surface area contributed by atoms with E-state index in [0.29, 0.717) is 18.9 Å². The van der Waals surface area contributed by atoms with Crippen molar-refractivity contribution in [2.45, 2.75) is 44.2 Å². The van der Waals surface area contributed by atoms with Crippen molar-refractivity contribution in [1.82, 2.24) is 9.80 Å². The highest BCUT2D eigenvalue weighted by Gasteiger charge is 2.32. The monoisotopic (exact) mass is 299 g/mol. The topological polar surface area (TPSA) is 79.0 Å². The first-order valence-corrected chi connectivity index (χ1v) is 8.11. The van der Waals surface area contributed by atoms with E-state index < -0.39 is 11.5 Å². The lowest BCUT2D eigenvalue weighted by atomic mass is 9.92. The number of nitrogens with two attached hydrogens (primary N) is 1. The van der Waals surface area contributed by atoms with E-state index in [2.05, 4.69) is 9.80 Å². The third kappa shape index (κ3) is 4.39. The highest BCUT2D eigenvalue weighted by Crippen LogP contribution is 2.19. The highest BCUT2D eigenvalue weighted by atomic mass is 16.5. The Labute approximate surface area is 127 Å². The van der Waals surface area contributed by atoms with Gasteiger partial charge in [-0.05, 0) is 38.8 Å². The Kier molecular flexibility index (Phi) is 5.98. The maximum atomic E-state index is 11.2. The Morgan fingerprint density at radius 3 is 2.71 bits per heavy atom. The molecule has 3 N–H and O–H groups in total. The minimum Gasteiger partial charge on any atom is -0.480 e. The van der Waals surface area contributed by atoms with Gasteiger partial charge in [0.1, 0.15) is 5.54 Å². The SMILES string of the molecule is CCC(N)(CCCN1CCC(N2CCOCC2)C1)C(=O)O. The average molecular weight is 299 g/mol. The van der Waals surface area contributed by atoms with Gasteiger partial charge in [-0.2, -0.15) is 0 Å². The molecule has 2 heterocycles. The molecule has 2 saturated heterocycles. The van der Waals surface area contributed by atoms with E-state index in [1.54, 1.807) is 0 Å². The molecule has 0 radical (unpaired) electrons. The van der Waals surface area contributed by atoms with Crippen molar-refractivity contribution >= 4 is 5.97 Å². The molecule has 0 saturated carbocycles. The van der Waals surface area contributed by atoms with Crippen LogP contribution in [0.5, 0.6) is 0 Å². The molecule has 0 amide bonds. The fourth-order valence-corrected chi connectivity index (χ4v) is 3.31. The lowest BCUT2D eigenvalue weighted by Gasteiger charge is -2.32. The van der Waals surface area contributed by atoms with Gasteiger partial charge in [-0.1, -0.05) is 6.92 Å². The van der Waals surface area contributed by atoms with Crippen LogP contribution in [0.3, 0.4) is 0 Å². The van der Waals surface area contributed by atoms with E-state index in [4.69, 9.17) is 10.5 Å². The van der Waals surface area contributed by atoms with Crippen LogP contribution in [0.2, 0.25) is 0 Å². The lowest BCUT2D eigenvalue weighted by Crippen LogP contribution is -2.48. The number of hydrogen-bond acceptors (Lipinski definition) is 5. The Morgan fingerprint density at radius 2 is 2.10 bits per heavy atom. The fraction of sp³-hybridized carbons (Fsp3) is 0.933. The molecule has 0 aromatic heterocycles. The molecule has 6 heteroatoms. The second-order valence-electron chi connectivity index (χ2n) is 6.31. The Balaban J connectivity index is 1.69. The van der Waals surface area contributed by atoms with Crippen LogP contribution in [-0.4, -0.2) is 78.4 Å². The lowest BCUT2D eigenvalue weighted by molar-refractivity contribution is -0.143. The summed E-state index contributed by atoms with van der Waals surface area (Å²) in [7, 11) is 0. The summed E-state index contributed by atoms with van der Waals surface area (Å²) in [6.45, 7) is 8.78. The largest absolute Gasteiger partial charge is 0.480 e. The molecular formula is C15H29N3O3. The fourth-order valence-electron chi connectivity index (χ4n) is 3.31. The quantitative estimate of drug-likeness (QED) is 0.707. The van der Waals surface area contributed by atoms with Crippen LogP contribution < -0.4 is 5.73 Å². The first kappa shape index (κ1) is 16.7. The molecule has 2 aliphatic rings. The zero-order valence-electron chi connectivity index (χ0n) is 13.1. The van der Waals surface area contributed by atoms with E-state index in [0.717, 1.165) is 52.4 Å². The minimum atomic E-state index is -1.05. The number of ether oxygens (including phenoxy) is 1. The number of carbonyl (C=O) groups is 1. The van der Waals surface area contributed by atoms with Gasteiger partial charge in [0.2, 0.25) is 0 Å². The van der Waals surface area contributed by atoms with Crippen LogP contribution in [0.15, 0.2) is 0 Å². The van der Waals surface area contributed by atoms with E-state index in [1.807, 2.05) is 6.92 Å². The third-order valence-electron chi connectivity index (χ3n) is 4.96. The molecule has 0 aromatic rings. The number of likely N-dealkylation sites (tertiary alicyclic amines) is 1. The van der Waals surface area contributed by atoms with Crippen LogP contribution >= 0.6 is 0 Å². The van der Waals surface area contributed by atoms with E-state index >= 15 is 0 Å². The summed E-state index contributed by atoms with van der Waals surface area (Å²) in [5.41, 5.74) is 4.88. The molecule has 0 spiro atoms. The first-order valence-electron chi connectivity index (χ1n) is 8.11. The number of nitrogens with zero attached hydrogens (tertiary/aromatic N) is 2. The average Bonchev–Trinajstić information content (AvgIpc) is 2.96. The standard InChI is InChI=1S/C15H29N3O3/c1-2-15(16,14(19)20)5-3-6-17-7-4-13(12-17)18-8-10-21-11-9-18/h13H,2-12,16H2,1H3,(H,19,20). The number of hydrogen-bond donors (Lipinski definition) is 2. The maximum absolute atomic E-state index is 11.2. The van der Waals surface area contributed by atoms with Crippen LogP contribution in [0, 0.1) is 0 Å². The Morgan fingerprint density at radius 1 is 1.38 bits per heavy atom. The molecule has 0 aliphatic carbocycles. The molecule has 0 aromatic carbocycles. The van der Waals surface area contributed by atoms with Gasteiger partial charge in [0.25, 0.3) is 0 Å². The summed E-state index contributed by atoms with van der Waals surface area (Å²) in [4.78, 5) is 16.2. The summed E-state index contributed by atoms with van der Waals surface area (Å²) in [6.07, 6.45) is 3.10. The van der Waals surface area contributed by atoms with Crippen molar-refractivity contribution in [2.75, 3.05) is 45.9 Å². The van der Waals surface area contributed by atoms with Gasteiger partial charge in [0.05, 0.1) is 13.2 Å². The molecule has 21 heavy (non-hydrogen) atoms. The van der Waals surface area contributed by atoms with E-state index in [1.165, 1.54) is 6.42 Å². The van der Waals surface area contributed by atoms with Gasteiger partial charge >= 0.3 is 5.97 Å². The normalized spacial score (nSPS) is 27.6. The molecule has 2 unspecified atom stereocenters. The van der Waals surface area contributed by atoms with Crippen molar-refractivity contribution in [3.8, 4) is 0 Å². The van der Waals surface area contributed by atoms with Crippen LogP contribution in [-0.2, 0) is 9.53 Å². The van der Waals surface area contributed by atoms with Gasteiger partial charge in [0, 0.05) is 25.7 Å². The molecule has 0 bridgehead atoms. The second-order valence-corrected chi connectivity index (χ2v) is 6.31. The molecule has 6 nitrogen and oxygen atoms in total. The minimum absolute atomic E-state index is 0.485. The van der Waals surface area contributed by atoms with Gasteiger partial charge in [0.15, 0.2) is 0 Å². The Bertz CT molecular complexity index is 347. The highest BCUT2D eigenvalue weighted by molar-refractivity contribution is 5.78. The zero-order chi connectivity index (χ0) is 15.3. The summed E-state index contributed by atoms with van der Waals surface area (Å²) in [5, 5.41) is 9.18. The van der Waals surface area contributed by atoms with Gasteiger partial charge in [-0.25, -0.2) is 0 Å². The van der Waals surface area contributed by atoms with Gasteiger partial charge in [-0.3, -0.25) is 9.69 Å². The van der Waals surface area contributed by atoms with Crippen molar-refractivity contribution < 1.29 is 14.6 Å². The summed E-state index contributed by atoms with van der Waals surface area (Å²) in [6, 6.07) is 0.641. The summed E-state index contributed by atoms with van der Waals surface area (Å²) in [5.74, 6) is -0.877. The molecule has 2 atom stereocenters. The van der Waals surface area contributed by atoms with Crippen LogP contribution in [0.25, 0.3) is 0 Å². The predicted molar refractivity (Wildman–Crippen MR) is 81.3 cm³/mol. The van der Waals surface area contributed by atoms with Crippen LogP contribution in [0.4, 0.5) is 0 Å². The summed E-state index contributed by atoms with van der Waals surface area (Å²) < 4.78 is 5.40. The number of carboxylic acids is 1. The molecule has 2 fully saturated rings. The number of aliphatic carboxylic acids is 1. The van der Waals surface area contributed by atoms with Crippen molar-refractivity contribution in [3.05, 3.63) is 0 Å². The van der Waals surface area contributed by atoms with Crippen molar-refractivity contribution in [3.63, 3.8) is 0 Å². The van der Waals surface area contributed by atoms with Gasteiger partial charge in [-0.15, -0.1) is 0 Å². The third-order valence-corrected chi connectivity index (χ3v) is 4.96. The number of carboxylic acid groups (broad SMARTS) is 1. The number of morpholine rings is 1. The van der Waals surface area contributed by atoms with Crippen molar-refractivity contribution in [1.29, 1.82) is 0 Å². The molecular weight excluding hydrogens is 270 g/mol. The first-order chi connectivity index (χ1) is 10.0. The van der Waals surface area contributed by atoms with Crippen molar-refractivity contribution in [2.24, 2.45) is 5.73 Å². The predicted octanol–water partition coefficient (Wildman–Crippen LogP) is 0.365. The number of rotatable bonds is 7. The molecule has 2 rings (SSSR count). The Hall–Kier alpha value is -0.690. The van der Waals surface area contributed by atoms with Crippen LogP contribution in [0.1, 0.15) is 32.6 Å². The van der Waals surface area contributed by atoms with E-state index in [9.17, 15) is 9.90 Å². The molecule has 122 valence electrons. The van der Waals surface area contributed by atoms with Gasteiger partial charge < -0.3 is 20.5 Å². The summed E-state index contributed by atoms with van der Waals surface area (Å²) >= 11 is 0. The molecule has 2 aliphatic heterocycles. The maximum Gasteiger partial charge on any atom is 0.323 e. The zero-order valence-corrected chi connectivity index (χ0v) is 13.1.